The minimum atomic E-state index is -1.03. The first kappa shape index (κ1) is 14.9. The monoisotopic (exact) mass is 320 g/mol. The number of Topliss-reactive ketones (excluding diaryl/α,β-unsaturated/α-hetero) is 1. The van der Waals surface area contributed by atoms with Crippen LogP contribution in [0.2, 0.25) is 0 Å². The van der Waals surface area contributed by atoms with Gasteiger partial charge in [0.15, 0.2) is 11.9 Å². The van der Waals surface area contributed by atoms with Crippen LogP contribution in [0.25, 0.3) is 0 Å². The van der Waals surface area contributed by atoms with Gasteiger partial charge in [-0.15, -0.1) is 0 Å². The molecule has 6 heteroatoms. The molecule has 2 spiro atoms. The van der Waals surface area contributed by atoms with Crippen LogP contribution in [0.3, 0.4) is 0 Å². The quantitative estimate of drug-likeness (QED) is 0.711. The first-order valence-electron chi connectivity index (χ1n) is 7.92. The molecule has 6 nitrogen and oxygen atoms in total. The number of ether oxygens (including phenoxy) is 3. The first-order valence-corrected chi connectivity index (χ1v) is 7.92. The normalized spacial score (nSPS) is 42.2. The average molecular weight is 320 g/mol. The number of methoxy groups -OCH3 is 2. The van der Waals surface area contributed by atoms with E-state index in [9.17, 15) is 14.4 Å². The third-order valence-corrected chi connectivity index (χ3v) is 6.92. The molecule has 2 aliphatic heterocycles. The molecule has 0 aromatic carbocycles. The van der Waals surface area contributed by atoms with Gasteiger partial charge in [-0.25, -0.2) is 9.59 Å². The summed E-state index contributed by atoms with van der Waals surface area (Å²) in [5.74, 6) is -1.07. The van der Waals surface area contributed by atoms with Crippen molar-refractivity contribution in [2.45, 2.75) is 44.8 Å². The largest absolute Gasteiger partial charge is 0.466 e. The van der Waals surface area contributed by atoms with E-state index < -0.39 is 29.1 Å². The van der Waals surface area contributed by atoms with Crippen LogP contribution < -0.4 is 0 Å². The fraction of sp³-hybridized carbons (Fsp3) is 0.706. The molecular weight excluding hydrogens is 300 g/mol. The van der Waals surface area contributed by atoms with Crippen molar-refractivity contribution in [1.82, 2.24) is 0 Å². The van der Waals surface area contributed by atoms with Crippen LogP contribution in [0.1, 0.15) is 33.1 Å². The molecule has 0 unspecified atom stereocenters. The third-order valence-electron chi connectivity index (χ3n) is 6.92. The fourth-order valence-corrected chi connectivity index (χ4v) is 5.90. The minimum Gasteiger partial charge on any atom is -0.466 e. The summed E-state index contributed by atoms with van der Waals surface area (Å²) in [6, 6.07) is 0. The van der Waals surface area contributed by atoms with Crippen LogP contribution in [-0.2, 0) is 28.6 Å². The molecule has 1 saturated heterocycles. The number of ketones is 1. The maximum atomic E-state index is 13.2. The molecule has 0 amide bonds. The Morgan fingerprint density at radius 1 is 1.17 bits per heavy atom. The maximum Gasteiger partial charge on any atom is 0.337 e. The topological polar surface area (TPSA) is 78.9 Å². The van der Waals surface area contributed by atoms with Crippen molar-refractivity contribution in [2.75, 3.05) is 14.2 Å². The van der Waals surface area contributed by atoms with Gasteiger partial charge in [-0.3, -0.25) is 4.79 Å². The van der Waals surface area contributed by atoms with E-state index in [1.165, 1.54) is 14.2 Å². The number of carbonyl (C=O) groups is 3. The van der Waals surface area contributed by atoms with Gasteiger partial charge in [0, 0.05) is 0 Å². The van der Waals surface area contributed by atoms with Gasteiger partial charge < -0.3 is 14.2 Å². The van der Waals surface area contributed by atoms with Crippen molar-refractivity contribution < 1.29 is 28.6 Å². The lowest BCUT2D eigenvalue weighted by Gasteiger charge is -2.44. The summed E-state index contributed by atoms with van der Waals surface area (Å²) in [7, 11) is 2.51. The van der Waals surface area contributed by atoms with Crippen LogP contribution in [0, 0.1) is 16.7 Å². The van der Waals surface area contributed by atoms with Crippen molar-refractivity contribution in [1.29, 1.82) is 0 Å². The van der Waals surface area contributed by atoms with E-state index in [2.05, 4.69) is 13.8 Å². The van der Waals surface area contributed by atoms with Crippen molar-refractivity contribution >= 4 is 17.7 Å². The Kier molecular flexibility index (Phi) is 2.61. The van der Waals surface area contributed by atoms with E-state index in [1.807, 2.05) is 0 Å². The van der Waals surface area contributed by atoms with Gasteiger partial charge in [0.25, 0.3) is 0 Å². The second kappa shape index (κ2) is 4.04. The minimum absolute atomic E-state index is 0.0401. The van der Waals surface area contributed by atoms with E-state index in [-0.39, 0.29) is 28.3 Å². The lowest BCUT2D eigenvalue weighted by molar-refractivity contribution is -0.143. The highest BCUT2D eigenvalue weighted by atomic mass is 16.6. The van der Waals surface area contributed by atoms with Crippen molar-refractivity contribution in [2.24, 2.45) is 16.7 Å². The van der Waals surface area contributed by atoms with E-state index >= 15 is 0 Å². The Bertz CT molecular complexity index is 689. The number of carbonyl (C=O) groups excluding carboxylic acids is 3. The zero-order valence-corrected chi connectivity index (χ0v) is 13.7. The van der Waals surface area contributed by atoms with Crippen LogP contribution in [0.5, 0.6) is 0 Å². The molecule has 23 heavy (non-hydrogen) atoms. The highest BCUT2D eigenvalue weighted by molar-refractivity contribution is 6.14. The van der Waals surface area contributed by atoms with E-state index in [4.69, 9.17) is 14.2 Å². The molecule has 4 bridgehead atoms. The van der Waals surface area contributed by atoms with Gasteiger partial charge in [0.1, 0.15) is 5.60 Å². The standard InChI is InChI=1S/C17H20O6/c1-15(2)8-5-6-16(15)12(18)11-9(13(19)21-3)10(14(20)22-4)17(16,7-8)23-11/h8,11H,5-7H2,1-4H3/t8-,11-,16-,17+/m0/s1. The summed E-state index contributed by atoms with van der Waals surface area (Å²) in [5, 5.41) is 0. The lowest BCUT2D eigenvalue weighted by atomic mass is 9.56. The van der Waals surface area contributed by atoms with Gasteiger partial charge in [0.05, 0.1) is 30.8 Å². The Morgan fingerprint density at radius 2 is 1.83 bits per heavy atom. The maximum absolute atomic E-state index is 13.2. The van der Waals surface area contributed by atoms with Gasteiger partial charge in [-0.2, -0.15) is 0 Å². The van der Waals surface area contributed by atoms with Crippen molar-refractivity contribution in [3.63, 3.8) is 0 Å². The predicted molar refractivity (Wildman–Crippen MR) is 77.2 cm³/mol. The highest BCUT2D eigenvalue weighted by Gasteiger charge is 2.85. The van der Waals surface area contributed by atoms with Gasteiger partial charge in [-0.05, 0) is 30.6 Å². The lowest BCUT2D eigenvalue weighted by Crippen LogP contribution is -2.54. The highest BCUT2D eigenvalue weighted by Crippen LogP contribution is 2.78. The average Bonchev–Trinajstić information content (AvgIpc) is 3.14. The summed E-state index contributed by atoms with van der Waals surface area (Å²) >= 11 is 0. The Hall–Kier alpha value is -1.69. The predicted octanol–water partition coefficient (Wildman–Crippen LogP) is 1.18. The molecule has 3 fully saturated rings. The molecular formula is C17H20O6. The molecule has 2 heterocycles. The molecule has 4 rings (SSSR count). The summed E-state index contributed by atoms with van der Waals surface area (Å²) in [6.45, 7) is 4.15. The fourth-order valence-electron chi connectivity index (χ4n) is 5.90. The van der Waals surface area contributed by atoms with E-state index in [0.717, 1.165) is 6.42 Å². The zero-order valence-electron chi connectivity index (χ0n) is 13.7. The van der Waals surface area contributed by atoms with Crippen LogP contribution >= 0.6 is 0 Å². The van der Waals surface area contributed by atoms with Crippen LogP contribution in [0.15, 0.2) is 11.1 Å². The van der Waals surface area contributed by atoms with Gasteiger partial charge in [0.2, 0.25) is 0 Å². The number of rotatable bonds is 2. The number of fused-ring (bicyclic) bond motifs is 2. The Morgan fingerprint density at radius 3 is 2.39 bits per heavy atom. The third kappa shape index (κ3) is 1.23. The molecule has 4 atom stereocenters. The van der Waals surface area contributed by atoms with E-state index in [0.29, 0.717) is 12.8 Å². The summed E-state index contributed by atoms with van der Waals surface area (Å²) in [6.07, 6.45) is 1.20. The summed E-state index contributed by atoms with van der Waals surface area (Å²) in [5.41, 5.74) is -1.78. The van der Waals surface area contributed by atoms with Crippen molar-refractivity contribution in [3.05, 3.63) is 11.1 Å². The molecule has 0 radical (unpaired) electrons. The summed E-state index contributed by atoms with van der Waals surface area (Å²) in [4.78, 5) is 37.9. The molecule has 2 aliphatic carbocycles. The number of hydrogen-bond donors (Lipinski definition) is 0. The van der Waals surface area contributed by atoms with Gasteiger partial charge >= 0.3 is 11.9 Å². The Balaban J connectivity index is 2.01. The molecule has 0 aromatic heterocycles. The van der Waals surface area contributed by atoms with Gasteiger partial charge in [-0.1, -0.05) is 13.8 Å². The SMILES string of the molecule is COC(=O)C1=C(C(=O)OC)[C@]23C[C@@H]4CC[C@]2(C(=O)[C@H]1O3)C4(C)C. The first-order chi connectivity index (χ1) is 10.8. The van der Waals surface area contributed by atoms with E-state index in [1.54, 1.807) is 0 Å². The molecule has 2 saturated carbocycles. The smallest absolute Gasteiger partial charge is 0.337 e. The number of esters is 2. The second-order valence-corrected chi connectivity index (χ2v) is 7.53. The second-order valence-electron chi connectivity index (χ2n) is 7.53. The number of hydrogen-bond acceptors (Lipinski definition) is 6. The van der Waals surface area contributed by atoms with Crippen LogP contribution in [0.4, 0.5) is 0 Å². The molecule has 4 aliphatic rings. The van der Waals surface area contributed by atoms with Crippen molar-refractivity contribution in [3.8, 4) is 0 Å². The van der Waals surface area contributed by atoms with Crippen LogP contribution in [-0.4, -0.2) is 43.6 Å². The summed E-state index contributed by atoms with van der Waals surface area (Å²) < 4.78 is 15.8. The molecule has 124 valence electrons. The molecule has 0 N–H and O–H groups in total. The zero-order chi connectivity index (χ0) is 16.8. The Labute approximate surface area is 134 Å². The molecule has 0 aromatic rings.